The van der Waals surface area contributed by atoms with Gasteiger partial charge in [-0.25, -0.2) is 4.39 Å². The Balaban J connectivity index is 1.85. The maximum atomic E-state index is 12.9. The molecule has 1 amide bonds. The molecule has 0 atom stereocenters. The van der Waals surface area contributed by atoms with Gasteiger partial charge in [0.1, 0.15) is 17.3 Å². The highest BCUT2D eigenvalue weighted by molar-refractivity contribution is 6.32. The molecule has 4 nitrogen and oxygen atoms in total. The monoisotopic (exact) mass is 323 g/mol. The van der Waals surface area contributed by atoms with E-state index in [1.165, 1.54) is 19.2 Å². The molecular formula is C16H15ClFNO3. The SMILES string of the molecule is COc1ccccc1NC(=O)CCOc1ccc(F)cc1Cl. The minimum Gasteiger partial charge on any atom is -0.495 e. The van der Waals surface area contributed by atoms with E-state index in [-0.39, 0.29) is 24.0 Å². The maximum absolute atomic E-state index is 12.9. The molecule has 0 fully saturated rings. The summed E-state index contributed by atoms with van der Waals surface area (Å²) in [5.41, 5.74) is 0.592. The third-order valence-electron chi connectivity index (χ3n) is 2.86. The van der Waals surface area contributed by atoms with Crippen molar-refractivity contribution in [3.63, 3.8) is 0 Å². The zero-order valence-corrected chi connectivity index (χ0v) is 12.7. The van der Waals surface area contributed by atoms with E-state index in [1.807, 2.05) is 6.07 Å². The van der Waals surface area contributed by atoms with Crippen molar-refractivity contribution in [3.8, 4) is 11.5 Å². The van der Waals surface area contributed by atoms with Gasteiger partial charge in [-0.05, 0) is 30.3 Å². The summed E-state index contributed by atoms with van der Waals surface area (Å²) < 4.78 is 23.4. The van der Waals surface area contributed by atoms with Crippen LogP contribution in [0.25, 0.3) is 0 Å². The molecule has 0 aromatic heterocycles. The fraction of sp³-hybridized carbons (Fsp3) is 0.188. The van der Waals surface area contributed by atoms with Crippen LogP contribution in [0, 0.1) is 5.82 Å². The summed E-state index contributed by atoms with van der Waals surface area (Å²) in [6.45, 7) is 0.131. The van der Waals surface area contributed by atoms with Crippen molar-refractivity contribution >= 4 is 23.2 Å². The van der Waals surface area contributed by atoms with Gasteiger partial charge in [0.15, 0.2) is 0 Å². The van der Waals surface area contributed by atoms with Crippen LogP contribution in [-0.2, 0) is 4.79 Å². The number of carbonyl (C=O) groups is 1. The van der Waals surface area contributed by atoms with Gasteiger partial charge >= 0.3 is 0 Å². The average Bonchev–Trinajstić information content (AvgIpc) is 2.50. The van der Waals surface area contributed by atoms with E-state index < -0.39 is 5.82 Å². The molecule has 6 heteroatoms. The van der Waals surface area contributed by atoms with Gasteiger partial charge in [-0.15, -0.1) is 0 Å². The Morgan fingerprint density at radius 1 is 1.23 bits per heavy atom. The van der Waals surface area contributed by atoms with Gasteiger partial charge in [0, 0.05) is 0 Å². The Labute approximate surface area is 132 Å². The molecule has 2 rings (SSSR count). The van der Waals surface area contributed by atoms with E-state index in [1.54, 1.807) is 18.2 Å². The molecule has 0 saturated heterocycles. The molecule has 0 aliphatic rings. The summed E-state index contributed by atoms with van der Waals surface area (Å²) in [6, 6.07) is 10.9. The first-order chi connectivity index (χ1) is 10.6. The molecule has 22 heavy (non-hydrogen) atoms. The van der Waals surface area contributed by atoms with Crippen molar-refractivity contribution in [3.05, 3.63) is 53.3 Å². The molecule has 2 aromatic rings. The molecule has 0 saturated carbocycles. The van der Waals surface area contributed by atoms with Crippen LogP contribution >= 0.6 is 11.6 Å². The topological polar surface area (TPSA) is 47.6 Å². The first-order valence-electron chi connectivity index (χ1n) is 6.61. The summed E-state index contributed by atoms with van der Waals surface area (Å²) in [5, 5.41) is 2.91. The molecule has 2 aromatic carbocycles. The Morgan fingerprint density at radius 3 is 2.73 bits per heavy atom. The highest BCUT2D eigenvalue weighted by Gasteiger charge is 2.08. The Bertz CT molecular complexity index is 664. The van der Waals surface area contributed by atoms with Gasteiger partial charge in [0.05, 0.1) is 30.8 Å². The average molecular weight is 324 g/mol. The number of anilines is 1. The highest BCUT2D eigenvalue weighted by Crippen LogP contribution is 2.25. The van der Waals surface area contributed by atoms with E-state index in [0.717, 1.165) is 6.07 Å². The molecular weight excluding hydrogens is 309 g/mol. The summed E-state index contributed by atoms with van der Waals surface area (Å²) in [7, 11) is 1.53. The van der Waals surface area contributed by atoms with E-state index in [2.05, 4.69) is 5.32 Å². The normalized spacial score (nSPS) is 10.1. The van der Waals surface area contributed by atoms with E-state index in [9.17, 15) is 9.18 Å². The molecule has 0 aliphatic carbocycles. The number of methoxy groups -OCH3 is 1. The van der Waals surface area contributed by atoms with Crippen molar-refractivity contribution in [2.75, 3.05) is 19.0 Å². The number of nitrogens with one attached hydrogen (secondary N) is 1. The first-order valence-corrected chi connectivity index (χ1v) is 6.98. The third kappa shape index (κ3) is 4.36. The number of ether oxygens (including phenoxy) is 2. The van der Waals surface area contributed by atoms with Crippen LogP contribution in [0.4, 0.5) is 10.1 Å². The molecule has 0 aliphatic heterocycles. The molecule has 116 valence electrons. The molecule has 0 radical (unpaired) electrons. The lowest BCUT2D eigenvalue weighted by Crippen LogP contribution is -2.15. The van der Waals surface area contributed by atoms with Crippen LogP contribution in [0.2, 0.25) is 5.02 Å². The summed E-state index contributed by atoms with van der Waals surface area (Å²) in [4.78, 5) is 11.9. The van der Waals surface area contributed by atoms with Crippen LogP contribution < -0.4 is 14.8 Å². The van der Waals surface area contributed by atoms with Gasteiger partial charge in [-0.1, -0.05) is 23.7 Å². The van der Waals surface area contributed by atoms with Crippen LogP contribution in [0.5, 0.6) is 11.5 Å². The Hall–Kier alpha value is -2.27. The quantitative estimate of drug-likeness (QED) is 0.877. The molecule has 0 bridgehead atoms. The molecule has 1 N–H and O–H groups in total. The van der Waals surface area contributed by atoms with Gasteiger partial charge < -0.3 is 14.8 Å². The van der Waals surface area contributed by atoms with E-state index in [4.69, 9.17) is 21.1 Å². The summed E-state index contributed by atoms with van der Waals surface area (Å²) in [5.74, 6) is 0.264. The van der Waals surface area contributed by atoms with Crippen molar-refractivity contribution in [2.45, 2.75) is 6.42 Å². The number of halogens is 2. The Kier molecular flexibility index (Phi) is 5.61. The van der Waals surface area contributed by atoms with Crippen LogP contribution in [0.15, 0.2) is 42.5 Å². The third-order valence-corrected chi connectivity index (χ3v) is 3.16. The van der Waals surface area contributed by atoms with Crippen LogP contribution in [0.3, 0.4) is 0 Å². The fourth-order valence-electron chi connectivity index (χ4n) is 1.81. The second kappa shape index (κ2) is 7.66. The second-order valence-corrected chi connectivity index (χ2v) is 4.83. The number of carbonyl (C=O) groups excluding carboxylic acids is 1. The maximum Gasteiger partial charge on any atom is 0.227 e. The van der Waals surface area contributed by atoms with Crippen molar-refractivity contribution in [2.24, 2.45) is 0 Å². The van der Waals surface area contributed by atoms with E-state index >= 15 is 0 Å². The van der Waals surface area contributed by atoms with Crippen molar-refractivity contribution in [1.82, 2.24) is 0 Å². The largest absolute Gasteiger partial charge is 0.495 e. The number of rotatable bonds is 6. The summed E-state index contributed by atoms with van der Waals surface area (Å²) in [6.07, 6.45) is 0.131. The standard InChI is InChI=1S/C16H15ClFNO3/c1-21-15-5-3-2-4-13(15)19-16(20)8-9-22-14-7-6-11(18)10-12(14)17/h2-7,10H,8-9H2,1H3,(H,19,20). The molecule has 0 unspecified atom stereocenters. The fourth-order valence-corrected chi connectivity index (χ4v) is 2.03. The predicted octanol–water partition coefficient (Wildman–Crippen LogP) is 3.90. The van der Waals surface area contributed by atoms with Gasteiger partial charge in [-0.3, -0.25) is 4.79 Å². The number of amides is 1. The second-order valence-electron chi connectivity index (χ2n) is 4.42. The van der Waals surface area contributed by atoms with Gasteiger partial charge in [0.2, 0.25) is 5.91 Å². The zero-order valence-electron chi connectivity index (χ0n) is 11.9. The van der Waals surface area contributed by atoms with Gasteiger partial charge in [0.25, 0.3) is 0 Å². The number of hydrogen-bond acceptors (Lipinski definition) is 3. The van der Waals surface area contributed by atoms with Crippen molar-refractivity contribution in [1.29, 1.82) is 0 Å². The lowest BCUT2D eigenvalue weighted by atomic mass is 10.3. The van der Waals surface area contributed by atoms with Gasteiger partial charge in [-0.2, -0.15) is 0 Å². The smallest absolute Gasteiger partial charge is 0.227 e. The number of hydrogen-bond donors (Lipinski definition) is 1. The Morgan fingerprint density at radius 2 is 2.00 bits per heavy atom. The van der Waals surface area contributed by atoms with Crippen molar-refractivity contribution < 1.29 is 18.7 Å². The van der Waals surface area contributed by atoms with E-state index in [0.29, 0.717) is 17.2 Å². The number of para-hydroxylation sites is 2. The molecule has 0 spiro atoms. The number of benzene rings is 2. The minimum atomic E-state index is -0.439. The predicted molar refractivity (Wildman–Crippen MR) is 83.1 cm³/mol. The summed E-state index contributed by atoms with van der Waals surface area (Å²) >= 11 is 5.83. The lowest BCUT2D eigenvalue weighted by molar-refractivity contribution is -0.116. The molecule has 0 heterocycles. The van der Waals surface area contributed by atoms with Crippen LogP contribution in [0.1, 0.15) is 6.42 Å². The minimum absolute atomic E-state index is 0.131. The lowest BCUT2D eigenvalue weighted by Gasteiger charge is -2.11. The first kappa shape index (κ1) is 16.1. The highest BCUT2D eigenvalue weighted by atomic mass is 35.5. The zero-order chi connectivity index (χ0) is 15.9. The van der Waals surface area contributed by atoms with Crippen LogP contribution in [-0.4, -0.2) is 19.6 Å².